The molecule has 0 aromatic rings. The van der Waals surface area contributed by atoms with Gasteiger partial charge in [0.1, 0.15) is 5.60 Å². The Morgan fingerprint density at radius 3 is 2.72 bits per heavy atom. The van der Waals surface area contributed by atoms with E-state index in [9.17, 15) is 4.79 Å². The molecule has 18 heavy (non-hydrogen) atoms. The molecule has 0 aliphatic carbocycles. The summed E-state index contributed by atoms with van der Waals surface area (Å²) in [5.74, 6) is 0.0290. The summed E-state index contributed by atoms with van der Waals surface area (Å²) in [6, 6.07) is 0. The Bertz CT molecular complexity index is 267. The lowest BCUT2D eigenvalue weighted by Crippen LogP contribution is -2.46. The van der Waals surface area contributed by atoms with Gasteiger partial charge in [0.05, 0.1) is 19.8 Å². The van der Waals surface area contributed by atoms with Crippen LogP contribution in [0, 0.1) is 5.41 Å². The Labute approximate surface area is 109 Å². The van der Waals surface area contributed by atoms with Gasteiger partial charge in [-0.25, -0.2) is 0 Å². The Kier molecular flexibility index (Phi) is 5.56. The molecule has 0 spiro atoms. The first-order chi connectivity index (χ1) is 8.37. The topological polar surface area (TPSA) is 67.8 Å². The van der Waals surface area contributed by atoms with Crippen molar-refractivity contribution in [3.8, 4) is 0 Å². The molecule has 1 heterocycles. The van der Waals surface area contributed by atoms with E-state index in [0.29, 0.717) is 26.2 Å². The maximum Gasteiger partial charge on any atom is 0.220 e. The molecule has 0 radical (unpaired) electrons. The minimum atomic E-state index is -0.462. The SMILES string of the molecule is CC(C)(C)CC(=O)NCC1(OCCO)CCOC1. The number of carbonyl (C=O) groups excluding carboxylic acids is 1. The average Bonchev–Trinajstić information content (AvgIpc) is 2.71. The van der Waals surface area contributed by atoms with Gasteiger partial charge in [0, 0.05) is 26.0 Å². The van der Waals surface area contributed by atoms with E-state index >= 15 is 0 Å². The highest BCUT2D eigenvalue weighted by molar-refractivity contribution is 5.76. The van der Waals surface area contributed by atoms with Crippen molar-refractivity contribution < 1.29 is 19.4 Å². The average molecular weight is 259 g/mol. The molecule has 0 saturated carbocycles. The first kappa shape index (κ1) is 15.4. The van der Waals surface area contributed by atoms with Crippen molar-refractivity contribution in [2.24, 2.45) is 5.41 Å². The predicted molar refractivity (Wildman–Crippen MR) is 68.3 cm³/mol. The number of aliphatic hydroxyl groups is 1. The maximum atomic E-state index is 11.8. The van der Waals surface area contributed by atoms with Gasteiger partial charge in [-0.3, -0.25) is 4.79 Å². The van der Waals surface area contributed by atoms with E-state index in [1.54, 1.807) is 0 Å². The van der Waals surface area contributed by atoms with Crippen LogP contribution in [0.3, 0.4) is 0 Å². The Morgan fingerprint density at radius 1 is 1.50 bits per heavy atom. The van der Waals surface area contributed by atoms with Crippen molar-refractivity contribution in [3.63, 3.8) is 0 Å². The van der Waals surface area contributed by atoms with E-state index in [0.717, 1.165) is 6.42 Å². The molecule has 1 aliphatic rings. The fraction of sp³-hybridized carbons (Fsp3) is 0.923. The van der Waals surface area contributed by atoms with Crippen LogP contribution in [0.15, 0.2) is 0 Å². The number of aliphatic hydroxyl groups excluding tert-OH is 1. The summed E-state index contributed by atoms with van der Waals surface area (Å²) in [7, 11) is 0. The lowest BCUT2D eigenvalue weighted by atomic mass is 9.92. The minimum absolute atomic E-state index is 0.0162. The molecule has 5 heteroatoms. The molecular formula is C13H25NO4. The lowest BCUT2D eigenvalue weighted by Gasteiger charge is -2.28. The van der Waals surface area contributed by atoms with E-state index in [4.69, 9.17) is 14.6 Å². The van der Waals surface area contributed by atoms with Gasteiger partial charge >= 0.3 is 0 Å². The first-order valence-electron chi connectivity index (χ1n) is 6.46. The van der Waals surface area contributed by atoms with Crippen molar-refractivity contribution in [2.45, 2.75) is 39.2 Å². The first-order valence-corrected chi connectivity index (χ1v) is 6.46. The van der Waals surface area contributed by atoms with E-state index in [2.05, 4.69) is 5.32 Å². The van der Waals surface area contributed by atoms with Crippen molar-refractivity contribution in [1.29, 1.82) is 0 Å². The highest BCUT2D eigenvalue weighted by atomic mass is 16.6. The summed E-state index contributed by atoms with van der Waals surface area (Å²) >= 11 is 0. The molecule has 1 unspecified atom stereocenters. The zero-order chi connectivity index (χ0) is 13.6. The van der Waals surface area contributed by atoms with Crippen LogP contribution in [-0.2, 0) is 14.3 Å². The molecule has 0 aromatic carbocycles. The van der Waals surface area contributed by atoms with E-state index in [1.165, 1.54) is 0 Å². The van der Waals surface area contributed by atoms with Gasteiger partial charge in [-0.2, -0.15) is 0 Å². The highest BCUT2D eigenvalue weighted by Gasteiger charge is 2.36. The molecule has 5 nitrogen and oxygen atoms in total. The third kappa shape index (κ3) is 5.33. The van der Waals surface area contributed by atoms with Crippen LogP contribution < -0.4 is 5.32 Å². The van der Waals surface area contributed by atoms with Crippen LogP contribution in [-0.4, -0.2) is 49.6 Å². The normalized spacial score (nSPS) is 24.2. The van der Waals surface area contributed by atoms with Crippen LogP contribution >= 0.6 is 0 Å². The molecule has 1 amide bonds. The second-order valence-corrected chi connectivity index (χ2v) is 6.07. The number of hydrogen-bond donors (Lipinski definition) is 2. The Balaban J connectivity index is 2.40. The molecule has 0 bridgehead atoms. The molecule has 1 aliphatic heterocycles. The molecule has 1 rings (SSSR count). The van der Waals surface area contributed by atoms with Crippen LogP contribution in [0.4, 0.5) is 0 Å². The zero-order valence-corrected chi connectivity index (χ0v) is 11.6. The van der Waals surface area contributed by atoms with Gasteiger partial charge < -0.3 is 19.9 Å². The van der Waals surface area contributed by atoms with E-state index in [-0.39, 0.29) is 24.5 Å². The van der Waals surface area contributed by atoms with Gasteiger partial charge in [0.2, 0.25) is 5.91 Å². The van der Waals surface area contributed by atoms with Crippen LogP contribution in [0.2, 0.25) is 0 Å². The number of ether oxygens (including phenoxy) is 2. The van der Waals surface area contributed by atoms with Gasteiger partial charge in [0.15, 0.2) is 0 Å². The number of rotatable bonds is 6. The zero-order valence-electron chi connectivity index (χ0n) is 11.6. The molecule has 1 fully saturated rings. The molecule has 2 N–H and O–H groups in total. The highest BCUT2D eigenvalue weighted by Crippen LogP contribution is 2.23. The standard InChI is InChI=1S/C13H25NO4/c1-12(2,3)8-11(16)14-9-13(18-7-5-15)4-6-17-10-13/h15H,4-10H2,1-3H3,(H,14,16). The van der Waals surface area contributed by atoms with Crippen molar-refractivity contribution >= 4 is 5.91 Å². The van der Waals surface area contributed by atoms with Gasteiger partial charge in [-0.05, 0) is 5.41 Å². The van der Waals surface area contributed by atoms with Crippen molar-refractivity contribution in [1.82, 2.24) is 5.32 Å². The fourth-order valence-corrected chi connectivity index (χ4v) is 1.96. The Hall–Kier alpha value is -0.650. The predicted octanol–water partition coefficient (Wildman–Crippen LogP) is 0.707. The van der Waals surface area contributed by atoms with E-state index in [1.807, 2.05) is 20.8 Å². The molecular weight excluding hydrogens is 234 g/mol. The number of amides is 1. The summed E-state index contributed by atoms with van der Waals surface area (Å²) in [5, 5.41) is 11.7. The molecule has 106 valence electrons. The molecule has 0 aromatic heterocycles. The van der Waals surface area contributed by atoms with Crippen LogP contribution in [0.1, 0.15) is 33.6 Å². The second-order valence-electron chi connectivity index (χ2n) is 6.07. The molecule has 1 saturated heterocycles. The number of nitrogens with one attached hydrogen (secondary N) is 1. The fourth-order valence-electron chi connectivity index (χ4n) is 1.96. The third-order valence-electron chi connectivity index (χ3n) is 2.87. The van der Waals surface area contributed by atoms with E-state index < -0.39 is 5.60 Å². The summed E-state index contributed by atoms with van der Waals surface area (Å²) in [5.41, 5.74) is -0.481. The second kappa shape index (κ2) is 6.50. The molecule has 1 atom stereocenters. The number of hydrogen-bond acceptors (Lipinski definition) is 4. The minimum Gasteiger partial charge on any atom is -0.394 e. The number of carbonyl (C=O) groups is 1. The monoisotopic (exact) mass is 259 g/mol. The quantitative estimate of drug-likeness (QED) is 0.737. The van der Waals surface area contributed by atoms with Gasteiger partial charge in [0.25, 0.3) is 0 Å². The smallest absolute Gasteiger partial charge is 0.220 e. The largest absolute Gasteiger partial charge is 0.394 e. The summed E-state index contributed by atoms with van der Waals surface area (Å²) in [6.07, 6.45) is 1.24. The van der Waals surface area contributed by atoms with Gasteiger partial charge in [-0.1, -0.05) is 20.8 Å². The lowest BCUT2D eigenvalue weighted by molar-refractivity contribution is -0.125. The summed E-state index contributed by atoms with van der Waals surface area (Å²) < 4.78 is 11.0. The summed E-state index contributed by atoms with van der Waals surface area (Å²) in [6.45, 7) is 7.91. The van der Waals surface area contributed by atoms with Crippen molar-refractivity contribution in [3.05, 3.63) is 0 Å². The van der Waals surface area contributed by atoms with Crippen molar-refractivity contribution in [2.75, 3.05) is 33.0 Å². The third-order valence-corrected chi connectivity index (χ3v) is 2.87. The Morgan fingerprint density at radius 2 is 2.22 bits per heavy atom. The maximum absolute atomic E-state index is 11.8. The van der Waals surface area contributed by atoms with Gasteiger partial charge in [-0.15, -0.1) is 0 Å². The van der Waals surface area contributed by atoms with Crippen LogP contribution in [0.25, 0.3) is 0 Å². The summed E-state index contributed by atoms with van der Waals surface area (Å²) in [4.78, 5) is 11.8. The van der Waals surface area contributed by atoms with Crippen LogP contribution in [0.5, 0.6) is 0 Å².